The molecule has 0 spiro atoms. The minimum absolute atomic E-state index is 0.0692. The molecule has 1 unspecified atom stereocenters. The number of nitrogens with one attached hydrogen (secondary N) is 2. The molecule has 2 amide bonds. The van der Waals surface area contributed by atoms with Crippen molar-refractivity contribution in [1.82, 2.24) is 5.32 Å². The molecule has 0 saturated carbocycles. The van der Waals surface area contributed by atoms with Crippen LogP contribution in [0.25, 0.3) is 0 Å². The zero-order valence-electron chi connectivity index (χ0n) is 15.3. The van der Waals surface area contributed by atoms with Gasteiger partial charge in [-0.25, -0.2) is 0 Å². The van der Waals surface area contributed by atoms with Crippen LogP contribution in [0.3, 0.4) is 0 Å². The normalized spacial score (nSPS) is 11.3. The van der Waals surface area contributed by atoms with Crippen molar-refractivity contribution in [2.75, 3.05) is 11.9 Å². The van der Waals surface area contributed by atoms with E-state index in [1.807, 2.05) is 0 Å². The van der Waals surface area contributed by atoms with Gasteiger partial charge in [-0.1, -0.05) is 34.8 Å². The van der Waals surface area contributed by atoms with Gasteiger partial charge in [0.2, 0.25) is 0 Å². The topological polar surface area (TPSA) is 128 Å². The van der Waals surface area contributed by atoms with Crippen LogP contribution in [-0.2, 0) is 14.3 Å². The van der Waals surface area contributed by atoms with Gasteiger partial charge in [-0.05, 0) is 37.3 Å². The molecule has 0 aromatic heterocycles. The van der Waals surface area contributed by atoms with Gasteiger partial charge in [0.15, 0.2) is 6.10 Å². The molecule has 0 radical (unpaired) electrons. The molecule has 0 heterocycles. The van der Waals surface area contributed by atoms with Gasteiger partial charge in [-0.2, -0.15) is 0 Å². The number of carbonyl (C=O) groups excluding carboxylic acids is 3. The quantitative estimate of drug-likeness (QED) is 0.356. The predicted octanol–water partition coefficient (Wildman–Crippen LogP) is 3.86. The molecule has 0 fully saturated rings. The van der Waals surface area contributed by atoms with Crippen LogP contribution in [0.15, 0.2) is 36.4 Å². The van der Waals surface area contributed by atoms with E-state index in [1.165, 1.54) is 31.2 Å². The Balaban J connectivity index is 1.90. The average molecular weight is 475 g/mol. The van der Waals surface area contributed by atoms with Crippen LogP contribution in [0.4, 0.5) is 11.4 Å². The number of hydrogen-bond acceptors (Lipinski definition) is 6. The number of amides is 2. The molecule has 12 heteroatoms. The zero-order chi connectivity index (χ0) is 22.4. The fourth-order valence-corrected chi connectivity index (χ4v) is 2.69. The van der Waals surface area contributed by atoms with Crippen LogP contribution in [-0.4, -0.2) is 35.4 Å². The summed E-state index contributed by atoms with van der Waals surface area (Å²) in [4.78, 5) is 46.3. The maximum atomic E-state index is 12.2. The van der Waals surface area contributed by atoms with Gasteiger partial charge < -0.3 is 15.4 Å². The van der Waals surface area contributed by atoms with Crippen LogP contribution in [0.1, 0.15) is 17.3 Å². The maximum Gasteiger partial charge on any atom is 0.326 e. The summed E-state index contributed by atoms with van der Waals surface area (Å²) >= 11 is 17.5. The van der Waals surface area contributed by atoms with E-state index in [2.05, 4.69) is 10.6 Å². The van der Waals surface area contributed by atoms with Gasteiger partial charge in [-0.15, -0.1) is 0 Å². The monoisotopic (exact) mass is 473 g/mol. The van der Waals surface area contributed by atoms with E-state index < -0.39 is 41.0 Å². The number of hydrogen-bond donors (Lipinski definition) is 2. The highest BCUT2D eigenvalue weighted by molar-refractivity contribution is 6.35. The van der Waals surface area contributed by atoms with Crippen molar-refractivity contribution in [3.05, 3.63) is 67.1 Å². The molecule has 0 bridgehead atoms. The lowest BCUT2D eigenvalue weighted by Crippen LogP contribution is -2.35. The summed E-state index contributed by atoms with van der Waals surface area (Å²) < 4.78 is 4.95. The lowest BCUT2D eigenvalue weighted by molar-refractivity contribution is -0.384. The van der Waals surface area contributed by atoms with Crippen molar-refractivity contribution >= 4 is 64.0 Å². The number of halogens is 3. The number of benzene rings is 2. The standard InChI is InChI=1S/C18H14Cl3N3O6/c1-9(17(26)23-14-7-11(19)3-5-12(14)20)30-16(25)8-22-18(27)10-2-4-13(21)15(6-10)24(28)29/h2-7,9H,8H2,1H3,(H,22,27)(H,23,26). The molecule has 9 nitrogen and oxygen atoms in total. The summed E-state index contributed by atoms with van der Waals surface area (Å²) in [5.41, 5.74) is -0.271. The summed E-state index contributed by atoms with van der Waals surface area (Å²) in [5.74, 6) is -2.31. The fourth-order valence-electron chi connectivity index (χ4n) is 2.17. The number of rotatable bonds is 7. The molecule has 1 atom stereocenters. The molecular formula is C18H14Cl3N3O6. The Kier molecular flexibility index (Phi) is 7.99. The first-order valence-corrected chi connectivity index (χ1v) is 9.39. The average Bonchev–Trinajstić information content (AvgIpc) is 2.68. The Morgan fingerprint density at radius 2 is 1.77 bits per heavy atom. The molecule has 0 aliphatic rings. The minimum Gasteiger partial charge on any atom is -0.451 e. The van der Waals surface area contributed by atoms with E-state index in [0.717, 1.165) is 6.07 Å². The molecule has 2 aromatic carbocycles. The van der Waals surface area contributed by atoms with E-state index >= 15 is 0 Å². The van der Waals surface area contributed by atoms with E-state index in [4.69, 9.17) is 39.5 Å². The molecule has 30 heavy (non-hydrogen) atoms. The van der Waals surface area contributed by atoms with E-state index in [9.17, 15) is 24.5 Å². The highest BCUT2D eigenvalue weighted by atomic mass is 35.5. The lowest BCUT2D eigenvalue weighted by atomic mass is 10.2. The highest BCUT2D eigenvalue weighted by Crippen LogP contribution is 2.26. The fraction of sp³-hybridized carbons (Fsp3) is 0.167. The third-order valence-electron chi connectivity index (χ3n) is 3.66. The smallest absolute Gasteiger partial charge is 0.326 e. The summed E-state index contributed by atoms with van der Waals surface area (Å²) in [6.07, 6.45) is -1.19. The summed E-state index contributed by atoms with van der Waals surface area (Å²) in [7, 11) is 0. The van der Waals surface area contributed by atoms with Crippen molar-refractivity contribution in [3.63, 3.8) is 0 Å². The first-order chi connectivity index (χ1) is 14.1. The molecule has 2 aromatic rings. The second kappa shape index (κ2) is 10.2. The van der Waals surface area contributed by atoms with E-state index in [1.54, 1.807) is 6.07 Å². The number of carbonyl (C=O) groups is 3. The molecular weight excluding hydrogens is 461 g/mol. The van der Waals surface area contributed by atoms with Gasteiger partial charge in [0.25, 0.3) is 17.5 Å². The van der Waals surface area contributed by atoms with Gasteiger partial charge in [0.05, 0.1) is 15.6 Å². The maximum absolute atomic E-state index is 12.2. The Bertz CT molecular complexity index is 1010. The van der Waals surface area contributed by atoms with Crippen LogP contribution in [0, 0.1) is 10.1 Å². The van der Waals surface area contributed by atoms with Gasteiger partial charge in [0, 0.05) is 16.7 Å². The minimum atomic E-state index is -1.19. The van der Waals surface area contributed by atoms with Crippen LogP contribution in [0.2, 0.25) is 15.1 Å². The lowest BCUT2D eigenvalue weighted by Gasteiger charge is -2.14. The van der Waals surface area contributed by atoms with Gasteiger partial charge in [-0.3, -0.25) is 24.5 Å². The SMILES string of the molecule is CC(OC(=O)CNC(=O)c1ccc(Cl)c([N+](=O)[O-])c1)C(=O)Nc1cc(Cl)ccc1Cl. The Hall–Kier alpha value is -2.88. The first kappa shape index (κ1) is 23.4. The Morgan fingerprint density at radius 3 is 2.43 bits per heavy atom. The number of nitro groups is 1. The summed E-state index contributed by atoms with van der Waals surface area (Å²) in [6, 6.07) is 7.91. The molecule has 2 N–H and O–H groups in total. The van der Waals surface area contributed by atoms with Crippen molar-refractivity contribution in [2.45, 2.75) is 13.0 Å². The van der Waals surface area contributed by atoms with Crippen LogP contribution >= 0.6 is 34.8 Å². The summed E-state index contributed by atoms with van der Waals surface area (Å²) in [6.45, 7) is 0.765. The molecule has 0 saturated heterocycles. The highest BCUT2D eigenvalue weighted by Gasteiger charge is 2.20. The molecule has 0 aliphatic carbocycles. The van der Waals surface area contributed by atoms with Gasteiger partial charge in [0.1, 0.15) is 11.6 Å². The Labute approximate surface area is 185 Å². The predicted molar refractivity (Wildman–Crippen MR) is 111 cm³/mol. The largest absolute Gasteiger partial charge is 0.451 e. The number of anilines is 1. The number of esters is 1. The summed E-state index contributed by atoms with van der Waals surface area (Å²) in [5, 5.41) is 16.1. The van der Waals surface area contributed by atoms with Crippen molar-refractivity contribution in [3.8, 4) is 0 Å². The van der Waals surface area contributed by atoms with E-state index in [0.29, 0.717) is 5.02 Å². The number of nitro benzene ring substituents is 1. The first-order valence-electron chi connectivity index (χ1n) is 8.26. The van der Waals surface area contributed by atoms with E-state index in [-0.39, 0.29) is 21.3 Å². The van der Waals surface area contributed by atoms with Crippen molar-refractivity contribution in [2.24, 2.45) is 0 Å². The molecule has 2 rings (SSSR count). The van der Waals surface area contributed by atoms with Crippen LogP contribution < -0.4 is 10.6 Å². The molecule has 158 valence electrons. The third kappa shape index (κ3) is 6.31. The third-order valence-corrected chi connectivity index (χ3v) is 4.55. The van der Waals surface area contributed by atoms with Gasteiger partial charge >= 0.3 is 5.97 Å². The molecule has 0 aliphatic heterocycles. The van der Waals surface area contributed by atoms with Crippen molar-refractivity contribution < 1.29 is 24.0 Å². The Morgan fingerprint density at radius 1 is 1.10 bits per heavy atom. The van der Waals surface area contributed by atoms with Crippen LogP contribution in [0.5, 0.6) is 0 Å². The number of ether oxygens (including phenoxy) is 1. The van der Waals surface area contributed by atoms with Crippen molar-refractivity contribution in [1.29, 1.82) is 0 Å². The second-order valence-electron chi connectivity index (χ2n) is 5.85. The second-order valence-corrected chi connectivity index (χ2v) is 7.10. The zero-order valence-corrected chi connectivity index (χ0v) is 17.5. The number of nitrogens with zero attached hydrogens (tertiary/aromatic N) is 1.